The molecule has 4 rings (SSSR count). The minimum atomic E-state index is -0.688. The first-order valence-electron chi connectivity index (χ1n) is 8.46. The number of aromatic amines is 1. The summed E-state index contributed by atoms with van der Waals surface area (Å²) in [7, 11) is 0. The minimum absolute atomic E-state index is 0.0679. The molecule has 142 valence electrons. The quantitative estimate of drug-likeness (QED) is 0.357. The molecule has 0 saturated carbocycles. The normalized spacial score (nSPS) is 10.8. The third-order valence-corrected chi connectivity index (χ3v) is 4.60. The molecular formula is C20H13N5O4. The number of phenolic OH excluding ortho intramolecular Hbond substituents is 2. The maximum absolute atomic E-state index is 11.3. The number of pyridine rings is 1. The zero-order chi connectivity index (χ0) is 20.7. The van der Waals surface area contributed by atoms with Crippen LogP contribution in [0.4, 0.5) is 5.69 Å². The van der Waals surface area contributed by atoms with Crippen molar-refractivity contribution in [2.45, 2.75) is 6.92 Å². The largest absolute Gasteiger partial charge is 0.508 e. The lowest BCUT2D eigenvalue weighted by atomic mass is 9.93. The van der Waals surface area contributed by atoms with Gasteiger partial charge in [-0.15, -0.1) is 0 Å². The van der Waals surface area contributed by atoms with Crippen LogP contribution in [0.1, 0.15) is 11.3 Å². The van der Waals surface area contributed by atoms with E-state index < -0.39 is 16.4 Å². The molecule has 2 aromatic carbocycles. The molecule has 29 heavy (non-hydrogen) atoms. The van der Waals surface area contributed by atoms with Gasteiger partial charge in [0.25, 0.3) is 0 Å². The van der Waals surface area contributed by atoms with E-state index >= 15 is 0 Å². The van der Waals surface area contributed by atoms with Gasteiger partial charge < -0.3 is 10.2 Å². The van der Waals surface area contributed by atoms with E-state index in [9.17, 15) is 25.6 Å². The number of fused-ring (bicyclic) bond motifs is 1. The van der Waals surface area contributed by atoms with Gasteiger partial charge in [-0.2, -0.15) is 10.4 Å². The molecule has 0 unspecified atom stereocenters. The fraction of sp³-hybridized carbons (Fsp3) is 0.0500. The maximum atomic E-state index is 11.3. The molecule has 0 amide bonds. The molecule has 4 aromatic rings. The van der Waals surface area contributed by atoms with Crippen LogP contribution in [0.25, 0.3) is 33.4 Å². The van der Waals surface area contributed by atoms with Crippen LogP contribution in [0.2, 0.25) is 0 Å². The van der Waals surface area contributed by atoms with Crippen LogP contribution in [-0.4, -0.2) is 30.3 Å². The fourth-order valence-corrected chi connectivity index (χ4v) is 3.25. The van der Waals surface area contributed by atoms with Crippen LogP contribution < -0.4 is 0 Å². The maximum Gasteiger partial charge on any atom is 0.311 e. The molecule has 0 fully saturated rings. The van der Waals surface area contributed by atoms with Crippen LogP contribution >= 0.6 is 0 Å². The number of nitrogens with zero attached hydrogens (tertiary/aromatic N) is 4. The number of nitro benzene ring substituents is 1. The van der Waals surface area contributed by atoms with Gasteiger partial charge in [0.15, 0.2) is 11.4 Å². The Labute approximate surface area is 163 Å². The summed E-state index contributed by atoms with van der Waals surface area (Å²) in [6.07, 6.45) is 0. The Hall–Kier alpha value is -4.45. The van der Waals surface area contributed by atoms with Crippen molar-refractivity contribution in [1.29, 1.82) is 5.26 Å². The first kappa shape index (κ1) is 17.9. The number of hydrogen-bond donors (Lipinski definition) is 3. The molecule has 0 bridgehead atoms. The summed E-state index contributed by atoms with van der Waals surface area (Å²) in [4.78, 5) is 15.1. The SMILES string of the molecule is Cc1[nH]nc2nc(-c3ccc(O)cc3)c(C#N)c(-c3ccc(O)c([N+](=O)[O-])c3)c12. The van der Waals surface area contributed by atoms with Crippen LogP contribution in [0, 0.1) is 28.4 Å². The van der Waals surface area contributed by atoms with E-state index in [1.54, 1.807) is 19.1 Å². The number of aromatic hydroxyl groups is 2. The van der Waals surface area contributed by atoms with Crippen molar-refractivity contribution in [3.8, 4) is 40.0 Å². The Kier molecular flexibility index (Phi) is 4.09. The van der Waals surface area contributed by atoms with Crippen LogP contribution in [0.5, 0.6) is 11.5 Å². The number of rotatable bonds is 3. The lowest BCUT2D eigenvalue weighted by molar-refractivity contribution is -0.385. The zero-order valence-electron chi connectivity index (χ0n) is 15.0. The molecule has 0 atom stereocenters. The van der Waals surface area contributed by atoms with Gasteiger partial charge in [0.2, 0.25) is 0 Å². The van der Waals surface area contributed by atoms with E-state index in [1.807, 2.05) is 0 Å². The van der Waals surface area contributed by atoms with Gasteiger partial charge in [0.1, 0.15) is 11.8 Å². The molecule has 2 aromatic heterocycles. The summed E-state index contributed by atoms with van der Waals surface area (Å²) < 4.78 is 0. The smallest absolute Gasteiger partial charge is 0.311 e. The molecule has 3 N–H and O–H groups in total. The minimum Gasteiger partial charge on any atom is -0.508 e. The molecule has 0 spiro atoms. The second-order valence-electron chi connectivity index (χ2n) is 6.38. The summed E-state index contributed by atoms with van der Waals surface area (Å²) >= 11 is 0. The molecule has 0 radical (unpaired) electrons. The van der Waals surface area contributed by atoms with Gasteiger partial charge in [-0.1, -0.05) is 6.07 Å². The van der Waals surface area contributed by atoms with Crippen LogP contribution in [0.3, 0.4) is 0 Å². The Morgan fingerprint density at radius 1 is 1.14 bits per heavy atom. The molecule has 2 heterocycles. The first-order valence-corrected chi connectivity index (χ1v) is 8.46. The van der Waals surface area contributed by atoms with E-state index in [1.165, 1.54) is 30.3 Å². The van der Waals surface area contributed by atoms with E-state index in [0.717, 1.165) is 0 Å². The van der Waals surface area contributed by atoms with E-state index in [4.69, 9.17) is 0 Å². The molecule has 9 nitrogen and oxygen atoms in total. The molecule has 0 aliphatic heterocycles. The summed E-state index contributed by atoms with van der Waals surface area (Å²) in [6.45, 7) is 1.76. The highest BCUT2D eigenvalue weighted by molar-refractivity contribution is 6.01. The lowest BCUT2D eigenvalue weighted by Crippen LogP contribution is -1.97. The lowest BCUT2D eigenvalue weighted by Gasteiger charge is -2.12. The standard InChI is InChI=1S/C20H13N5O4/c1-10-17-18(12-4-7-16(27)15(8-12)25(28)29)14(9-21)19(22-20(17)24-23-10)11-2-5-13(26)6-3-11/h2-8,26-27H,1H3,(H,22,23,24). The number of aryl methyl sites for hydroxylation is 1. The Morgan fingerprint density at radius 2 is 1.83 bits per heavy atom. The highest BCUT2D eigenvalue weighted by atomic mass is 16.6. The Morgan fingerprint density at radius 3 is 2.48 bits per heavy atom. The van der Waals surface area contributed by atoms with E-state index in [-0.39, 0.29) is 11.3 Å². The van der Waals surface area contributed by atoms with Crippen LogP contribution in [-0.2, 0) is 0 Å². The molecule has 9 heteroatoms. The van der Waals surface area contributed by atoms with E-state index in [0.29, 0.717) is 39.1 Å². The average Bonchev–Trinajstić information content (AvgIpc) is 3.08. The number of nitriles is 1. The van der Waals surface area contributed by atoms with Crippen molar-refractivity contribution in [2.75, 3.05) is 0 Å². The van der Waals surface area contributed by atoms with Gasteiger partial charge >= 0.3 is 5.69 Å². The van der Waals surface area contributed by atoms with Crippen molar-refractivity contribution in [3.05, 3.63) is 63.8 Å². The fourth-order valence-electron chi connectivity index (χ4n) is 3.25. The summed E-state index contributed by atoms with van der Waals surface area (Å²) in [5.41, 5.74) is 2.44. The highest BCUT2D eigenvalue weighted by Crippen LogP contribution is 2.40. The predicted octanol–water partition coefficient (Wildman–Crippen LogP) is 3.79. The number of hydrogen-bond acceptors (Lipinski definition) is 7. The van der Waals surface area contributed by atoms with Crippen molar-refractivity contribution >= 4 is 16.7 Å². The van der Waals surface area contributed by atoms with Crippen LogP contribution in [0.15, 0.2) is 42.5 Å². The summed E-state index contributed by atoms with van der Waals surface area (Å²) in [6, 6.07) is 12.3. The second kappa shape index (κ2) is 6.61. The first-order chi connectivity index (χ1) is 13.9. The highest BCUT2D eigenvalue weighted by Gasteiger charge is 2.23. The average molecular weight is 387 g/mol. The topological polar surface area (TPSA) is 149 Å². The number of H-pyrrole nitrogens is 1. The molecule has 0 aliphatic rings. The van der Waals surface area contributed by atoms with Gasteiger partial charge in [-0.25, -0.2) is 4.98 Å². The third-order valence-electron chi connectivity index (χ3n) is 4.60. The van der Waals surface area contributed by atoms with Crippen molar-refractivity contribution < 1.29 is 15.1 Å². The number of benzene rings is 2. The monoisotopic (exact) mass is 387 g/mol. The van der Waals surface area contributed by atoms with Gasteiger partial charge in [0.05, 0.1) is 21.6 Å². The number of aromatic nitrogens is 3. The molecular weight excluding hydrogens is 374 g/mol. The zero-order valence-corrected chi connectivity index (χ0v) is 15.0. The predicted molar refractivity (Wildman–Crippen MR) is 104 cm³/mol. The van der Waals surface area contributed by atoms with Gasteiger partial charge in [-0.3, -0.25) is 15.2 Å². The molecule has 0 saturated heterocycles. The van der Waals surface area contributed by atoms with Crippen molar-refractivity contribution in [2.24, 2.45) is 0 Å². The third kappa shape index (κ3) is 2.89. The summed E-state index contributed by atoms with van der Waals surface area (Å²) in [5, 5.41) is 48.2. The number of nitro groups is 1. The van der Waals surface area contributed by atoms with Crippen molar-refractivity contribution in [3.63, 3.8) is 0 Å². The number of phenols is 2. The van der Waals surface area contributed by atoms with Crippen molar-refractivity contribution in [1.82, 2.24) is 15.2 Å². The van der Waals surface area contributed by atoms with Gasteiger partial charge in [-0.05, 0) is 42.8 Å². The Bertz CT molecular complexity index is 1320. The summed E-state index contributed by atoms with van der Waals surface area (Å²) in [5.74, 6) is -0.399. The second-order valence-corrected chi connectivity index (χ2v) is 6.38. The number of nitrogens with one attached hydrogen (secondary N) is 1. The van der Waals surface area contributed by atoms with E-state index in [2.05, 4.69) is 21.3 Å². The van der Waals surface area contributed by atoms with Gasteiger partial charge in [0, 0.05) is 22.9 Å². The molecule has 0 aliphatic carbocycles. The Balaban J connectivity index is 2.11.